The maximum Gasteiger partial charge on any atom is 0.316 e. The zero-order chi connectivity index (χ0) is 17.1. The number of hydrogen-bond acceptors (Lipinski definition) is 6. The molecule has 0 saturated carbocycles. The Labute approximate surface area is 144 Å². The van der Waals surface area contributed by atoms with Gasteiger partial charge in [-0.1, -0.05) is 36.9 Å². The van der Waals surface area contributed by atoms with Crippen LogP contribution < -0.4 is 0 Å². The molecule has 3 rings (SSSR count). The highest BCUT2D eigenvalue weighted by Gasteiger charge is 2.15. The molecule has 0 N–H and O–H groups in total. The summed E-state index contributed by atoms with van der Waals surface area (Å²) in [5.41, 5.74) is 2.72. The normalized spacial score (nSPS) is 11.5. The van der Waals surface area contributed by atoms with Crippen molar-refractivity contribution in [3.05, 3.63) is 24.3 Å². The molecule has 0 bridgehead atoms. The van der Waals surface area contributed by atoms with Crippen LogP contribution in [0.2, 0.25) is 0 Å². The van der Waals surface area contributed by atoms with Crippen LogP contribution in [0.15, 0.2) is 29.4 Å². The fourth-order valence-electron chi connectivity index (χ4n) is 2.62. The molecule has 0 atom stereocenters. The topological polar surface area (TPSA) is 69.9 Å². The number of thioether (sulfide) groups is 1. The number of carbonyl (C=O) groups is 1. The van der Waals surface area contributed by atoms with Gasteiger partial charge in [-0.3, -0.25) is 4.79 Å². The number of carbonyl (C=O) groups excluding carboxylic acids is 1. The van der Waals surface area contributed by atoms with E-state index in [1.807, 2.05) is 32.0 Å². The van der Waals surface area contributed by atoms with Gasteiger partial charge in [-0.15, -0.1) is 10.2 Å². The van der Waals surface area contributed by atoms with Gasteiger partial charge < -0.3 is 9.30 Å². The largest absolute Gasteiger partial charge is 0.462 e. The molecule has 0 aliphatic carbocycles. The lowest BCUT2D eigenvalue weighted by molar-refractivity contribution is -0.144. The summed E-state index contributed by atoms with van der Waals surface area (Å²) in [7, 11) is 0. The standard InChI is InChI=1S/C17H20N4O2S/c1-4-9-21-13-8-6-5-7-12(13)15-16(21)18-17(20-19-15)24-10-14(22)23-11(2)3/h5-8,11H,4,9-10H2,1-3H3. The monoisotopic (exact) mass is 344 g/mol. The summed E-state index contributed by atoms with van der Waals surface area (Å²) >= 11 is 1.25. The van der Waals surface area contributed by atoms with Crippen molar-refractivity contribution in [1.29, 1.82) is 0 Å². The Morgan fingerprint density at radius 3 is 2.83 bits per heavy atom. The Morgan fingerprint density at radius 1 is 1.29 bits per heavy atom. The summed E-state index contributed by atoms with van der Waals surface area (Å²) in [5.74, 6) is -0.0906. The van der Waals surface area contributed by atoms with Crippen LogP contribution in [0.4, 0.5) is 0 Å². The van der Waals surface area contributed by atoms with Crippen LogP contribution in [0.3, 0.4) is 0 Å². The van der Waals surface area contributed by atoms with Crippen LogP contribution in [0.1, 0.15) is 27.2 Å². The first kappa shape index (κ1) is 16.7. The highest BCUT2D eigenvalue weighted by atomic mass is 32.2. The van der Waals surface area contributed by atoms with Gasteiger partial charge in [0.2, 0.25) is 5.16 Å². The number of ether oxygens (including phenoxy) is 1. The van der Waals surface area contributed by atoms with Crippen molar-refractivity contribution in [1.82, 2.24) is 19.7 Å². The van der Waals surface area contributed by atoms with Gasteiger partial charge in [-0.2, -0.15) is 0 Å². The molecule has 6 nitrogen and oxygen atoms in total. The second-order valence-electron chi connectivity index (χ2n) is 5.76. The van der Waals surface area contributed by atoms with Gasteiger partial charge in [0, 0.05) is 11.9 Å². The number of rotatable bonds is 6. The van der Waals surface area contributed by atoms with Gasteiger partial charge >= 0.3 is 5.97 Å². The van der Waals surface area contributed by atoms with Gasteiger partial charge in [-0.05, 0) is 26.3 Å². The van der Waals surface area contributed by atoms with E-state index in [2.05, 4.69) is 32.7 Å². The molecule has 0 aliphatic heterocycles. The van der Waals surface area contributed by atoms with Crippen molar-refractivity contribution in [2.75, 3.05) is 5.75 Å². The van der Waals surface area contributed by atoms with Crippen LogP contribution >= 0.6 is 11.8 Å². The second kappa shape index (κ2) is 7.17. The van der Waals surface area contributed by atoms with E-state index in [0.717, 1.165) is 35.0 Å². The summed E-state index contributed by atoms with van der Waals surface area (Å²) in [5, 5.41) is 10.0. The second-order valence-corrected chi connectivity index (χ2v) is 6.71. The zero-order valence-electron chi connectivity index (χ0n) is 14.0. The van der Waals surface area contributed by atoms with Crippen molar-refractivity contribution in [2.24, 2.45) is 0 Å². The molecular weight excluding hydrogens is 324 g/mol. The molecule has 7 heteroatoms. The molecular formula is C17H20N4O2S. The van der Waals surface area contributed by atoms with Crippen LogP contribution in [-0.4, -0.2) is 37.6 Å². The molecule has 0 fully saturated rings. The minimum atomic E-state index is -0.271. The van der Waals surface area contributed by atoms with E-state index in [1.54, 1.807) is 0 Å². The van der Waals surface area contributed by atoms with Crippen molar-refractivity contribution in [2.45, 2.75) is 45.0 Å². The Kier molecular flexibility index (Phi) is 4.99. The summed E-state index contributed by atoms with van der Waals surface area (Å²) in [6.07, 6.45) is 0.882. The number of para-hydroxylation sites is 1. The fraction of sp³-hybridized carbons (Fsp3) is 0.412. The number of aryl methyl sites for hydroxylation is 1. The highest BCUT2D eigenvalue weighted by molar-refractivity contribution is 7.99. The lowest BCUT2D eigenvalue weighted by atomic mass is 10.2. The van der Waals surface area contributed by atoms with E-state index >= 15 is 0 Å². The van der Waals surface area contributed by atoms with E-state index in [-0.39, 0.29) is 17.8 Å². The number of esters is 1. The molecule has 0 unspecified atom stereocenters. The van der Waals surface area contributed by atoms with Gasteiger partial charge in [0.25, 0.3) is 0 Å². The zero-order valence-corrected chi connectivity index (χ0v) is 14.8. The summed E-state index contributed by atoms with van der Waals surface area (Å²) in [6.45, 7) is 6.65. The summed E-state index contributed by atoms with van der Waals surface area (Å²) < 4.78 is 7.29. The Morgan fingerprint density at radius 2 is 2.08 bits per heavy atom. The first-order chi connectivity index (χ1) is 11.6. The van der Waals surface area contributed by atoms with Gasteiger partial charge in [0.1, 0.15) is 5.52 Å². The number of benzene rings is 1. The minimum Gasteiger partial charge on any atom is -0.462 e. The summed E-state index contributed by atoms with van der Waals surface area (Å²) in [6, 6.07) is 8.11. The van der Waals surface area contributed by atoms with E-state index in [1.165, 1.54) is 11.8 Å². The predicted octanol–water partition coefficient (Wildman–Crippen LogP) is 3.43. The molecule has 1 aromatic carbocycles. The van der Waals surface area contributed by atoms with Crippen molar-refractivity contribution < 1.29 is 9.53 Å². The van der Waals surface area contributed by atoms with Crippen LogP contribution in [-0.2, 0) is 16.1 Å². The maximum absolute atomic E-state index is 11.7. The molecule has 0 radical (unpaired) electrons. The predicted molar refractivity (Wildman–Crippen MR) is 95.1 cm³/mol. The van der Waals surface area contributed by atoms with Crippen molar-refractivity contribution in [3.63, 3.8) is 0 Å². The van der Waals surface area contributed by atoms with Gasteiger partial charge in [-0.25, -0.2) is 4.98 Å². The quantitative estimate of drug-likeness (QED) is 0.504. The number of fused-ring (bicyclic) bond motifs is 3. The fourth-order valence-corrected chi connectivity index (χ4v) is 3.19. The van der Waals surface area contributed by atoms with Gasteiger partial charge in [0.15, 0.2) is 5.65 Å². The molecule has 0 spiro atoms. The molecule has 126 valence electrons. The van der Waals surface area contributed by atoms with E-state index in [4.69, 9.17) is 4.74 Å². The summed E-state index contributed by atoms with van der Waals surface area (Å²) in [4.78, 5) is 16.3. The van der Waals surface area contributed by atoms with Crippen LogP contribution in [0.5, 0.6) is 0 Å². The average Bonchev–Trinajstić information content (AvgIpc) is 2.87. The van der Waals surface area contributed by atoms with E-state index < -0.39 is 0 Å². The van der Waals surface area contributed by atoms with Crippen molar-refractivity contribution >= 4 is 39.8 Å². The first-order valence-electron chi connectivity index (χ1n) is 8.04. The number of hydrogen-bond donors (Lipinski definition) is 0. The molecule has 0 saturated heterocycles. The smallest absolute Gasteiger partial charge is 0.316 e. The first-order valence-corrected chi connectivity index (χ1v) is 9.02. The Balaban J connectivity index is 1.94. The third-order valence-electron chi connectivity index (χ3n) is 3.49. The average molecular weight is 344 g/mol. The Bertz CT molecular complexity index is 876. The van der Waals surface area contributed by atoms with Crippen molar-refractivity contribution in [3.8, 4) is 0 Å². The number of aromatic nitrogens is 4. The highest BCUT2D eigenvalue weighted by Crippen LogP contribution is 2.27. The third-order valence-corrected chi connectivity index (χ3v) is 4.30. The molecule has 2 heterocycles. The maximum atomic E-state index is 11.7. The lowest BCUT2D eigenvalue weighted by Gasteiger charge is -2.07. The lowest BCUT2D eigenvalue weighted by Crippen LogP contribution is -2.13. The number of nitrogens with zero attached hydrogens (tertiary/aromatic N) is 4. The van der Waals surface area contributed by atoms with Crippen LogP contribution in [0.25, 0.3) is 22.1 Å². The minimum absolute atomic E-state index is 0.119. The van der Waals surface area contributed by atoms with E-state index in [0.29, 0.717) is 5.16 Å². The van der Waals surface area contributed by atoms with E-state index in [9.17, 15) is 4.79 Å². The molecule has 3 aromatic rings. The molecule has 0 amide bonds. The SMILES string of the molecule is CCCn1c2ccccc2c2nnc(SCC(=O)OC(C)C)nc21. The Hall–Kier alpha value is -2.15. The van der Waals surface area contributed by atoms with Gasteiger partial charge in [0.05, 0.1) is 17.4 Å². The molecule has 2 aromatic heterocycles. The molecule has 0 aliphatic rings. The third kappa shape index (κ3) is 3.36. The van der Waals surface area contributed by atoms with Crippen LogP contribution in [0, 0.1) is 0 Å². The molecule has 24 heavy (non-hydrogen) atoms.